The van der Waals surface area contributed by atoms with Gasteiger partial charge >= 0.3 is 11.8 Å². The third kappa shape index (κ3) is 7.91. The molecule has 1 amide bonds. The lowest BCUT2D eigenvalue weighted by molar-refractivity contribution is -0.160. The highest BCUT2D eigenvalue weighted by molar-refractivity contribution is 8.19. The van der Waals surface area contributed by atoms with E-state index in [0.717, 1.165) is 11.5 Å². The first kappa shape index (κ1) is 42.3. The van der Waals surface area contributed by atoms with Crippen molar-refractivity contribution in [2.45, 2.75) is 90.2 Å². The van der Waals surface area contributed by atoms with E-state index in [4.69, 9.17) is 18.9 Å². The van der Waals surface area contributed by atoms with Gasteiger partial charge < -0.3 is 49.8 Å². The van der Waals surface area contributed by atoms with Crippen LogP contribution in [-0.2, 0) is 23.8 Å². The minimum absolute atomic E-state index is 0.0499. The lowest BCUT2D eigenvalue weighted by atomic mass is 9.78. The number of benzene rings is 2. The molecule has 0 unspecified atom stereocenters. The fourth-order valence-electron chi connectivity index (χ4n) is 7.50. The number of hydrogen-bond acceptors (Lipinski definition) is 14. The Kier molecular flexibility index (Phi) is 12.8. The Morgan fingerprint density at radius 3 is 2.20 bits per heavy atom. The van der Waals surface area contributed by atoms with E-state index in [1.165, 1.54) is 69.8 Å². The van der Waals surface area contributed by atoms with E-state index in [0.29, 0.717) is 0 Å². The number of aromatic hydroxyl groups is 3. The Balaban J connectivity index is 1.70. The minimum Gasteiger partial charge on any atom is -0.507 e. The van der Waals surface area contributed by atoms with Crippen LogP contribution >= 0.6 is 23.5 Å². The summed E-state index contributed by atoms with van der Waals surface area (Å²) in [6, 6.07) is 0. The molecule has 55 heavy (non-hydrogen) atoms. The summed E-state index contributed by atoms with van der Waals surface area (Å²) in [6.45, 7) is 12.6. The van der Waals surface area contributed by atoms with Gasteiger partial charge in [0.15, 0.2) is 5.75 Å². The number of allylic oxidation sites excluding steroid dienone is 2. The third-order valence-electron chi connectivity index (χ3n) is 10.9. The molecule has 0 radical (unpaired) electrons. The van der Waals surface area contributed by atoms with Gasteiger partial charge in [-0.15, -0.1) is 23.5 Å². The first-order valence-electron chi connectivity index (χ1n) is 18.2. The number of thioether (sulfide) groups is 2. The third-order valence-corrected chi connectivity index (χ3v) is 13.9. The standard InChI is InChI=1S/C40H51NO12S2/c1-17-11-10-12-18(2)38(49)41-29-28(39-54-15-16-55-39)33(46)25-26(34(29)47)32(45)22(6)36-27(25)37(48)40(8,53-36)51-14-13-24(50-9)19(3)35(52-23(7)42)21(5)31(44)20(4)30(17)43/h10-14,17,19-21,24,30-31,35,39,43-47H,15-16H2,1-9H3,(H,41,49)/t17-,19-,20-,21-,24+,30-,31-,35-,40-/m0/s1. The number of ketones is 1. The second kappa shape index (κ2) is 16.7. The van der Waals surface area contributed by atoms with Gasteiger partial charge in [0.25, 0.3) is 11.7 Å². The predicted octanol–water partition coefficient (Wildman–Crippen LogP) is 6.23. The van der Waals surface area contributed by atoms with E-state index < -0.39 is 93.4 Å². The van der Waals surface area contributed by atoms with Crippen LogP contribution in [0.15, 0.2) is 36.1 Å². The number of fused-ring (bicyclic) bond motifs is 14. The molecule has 5 bridgehead atoms. The molecule has 9 atom stereocenters. The molecule has 6 rings (SSSR count). The summed E-state index contributed by atoms with van der Waals surface area (Å²) in [4.78, 5) is 40.3. The van der Waals surface area contributed by atoms with Crippen molar-refractivity contribution in [3.63, 3.8) is 0 Å². The molecule has 0 aromatic heterocycles. The summed E-state index contributed by atoms with van der Waals surface area (Å²) in [6.07, 6.45) is 3.74. The summed E-state index contributed by atoms with van der Waals surface area (Å²) >= 11 is 2.98. The zero-order valence-electron chi connectivity index (χ0n) is 32.4. The average molecular weight is 802 g/mol. The van der Waals surface area contributed by atoms with Gasteiger partial charge in [-0.2, -0.15) is 0 Å². The number of aliphatic hydroxyl groups excluding tert-OH is 2. The van der Waals surface area contributed by atoms with Crippen molar-refractivity contribution in [1.29, 1.82) is 0 Å². The van der Waals surface area contributed by atoms with E-state index in [-0.39, 0.29) is 44.5 Å². The van der Waals surface area contributed by atoms with Crippen molar-refractivity contribution in [2.75, 3.05) is 23.9 Å². The average Bonchev–Trinajstić information content (AvgIpc) is 3.77. The van der Waals surface area contributed by atoms with Crippen LogP contribution in [0.25, 0.3) is 10.8 Å². The van der Waals surface area contributed by atoms with Gasteiger partial charge in [-0.05, 0) is 19.9 Å². The molecule has 1 fully saturated rings. The number of nitrogens with one attached hydrogen (secondary N) is 1. The molecule has 2 aromatic rings. The fraction of sp³-hybridized carbons (Fsp3) is 0.525. The van der Waals surface area contributed by atoms with Gasteiger partial charge in [0.2, 0.25) is 0 Å². The first-order valence-corrected chi connectivity index (χ1v) is 20.3. The maximum atomic E-state index is 14.3. The number of anilines is 1. The Morgan fingerprint density at radius 2 is 1.58 bits per heavy atom. The topological polar surface area (TPSA) is 201 Å². The van der Waals surface area contributed by atoms with Crippen LogP contribution in [0.5, 0.6) is 23.0 Å². The monoisotopic (exact) mass is 801 g/mol. The first-order chi connectivity index (χ1) is 25.9. The molecule has 4 aliphatic rings. The molecule has 6 N–H and O–H groups in total. The van der Waals surface area contributed by atoms with E-state index >= 15 is 0 Å². The highest BCUT2D eigenvalue weighted by Crippen LogP contribution is 2.60. The largest absolute Gasteiger partial charge is 0.507 e. The molecule has 1 saturated heterocycles. The Bertz CT molecular complexity index is 1940. The van der Waals surface area contributed by atoms with Crippen molar-refractivity contribution < 1.29 is 58.9 Å². The molecule has 2 aromatic carbocycles. The summed E-state index contributed by atoms with van der Waals surface area (Å²) in [5, 5.41) is 60.6. The van der Waals surface area contributed by atoms with Crippen molar-refractivity contribution in [1.82, 2.24) is 0 Å². The molecule has 0 saturated carbocycles. The normalized spacial score (nSPS) is 31.0. The summed E-state index contributed by atoms with van der Waals surface area (Å²) < 4.78 is 23.1. The number of rotatable bonds is 3. The van der Waals surface area contributed by atoms with Crippen molar-refractivity contribution >= 4 is 57.6 Å². The maximum Gasteiger partial charge on any atom is 0.312 e. The number of carbonyl (C=O) groups is 3. The number of esters is 1. The molecule has 0 aliphatic carbocycles. The lowest BCUT2D eigenvalue weighted by Gasteiger charge is -2.38. The van der Waals surface area contributed by atoms with Crippen molar-refractivity contribution in [2.24, 2.45) is 23.7 Å². The summed E-state index contributed by atoms with van der Waals surface area (Å²) in [7, 11) is 1.44. The fourth-order valence-corrected chi connectivity index (χ4v) is 10.5. The molecular formula is C40H51NO12S2. The van der Waals surface area contributed by atoms with E-state index in [1.54, 1.807) is 46.8 Å². The Morgan fingerprint density at radius 1 is 0.927 bits per heavy atom. The number of phenols is 3. The molecule has 4 aliphatic heterocycles. The zero-order chi connectivity index (χ0) is 40.7. The number of phenolic OH excluding ortho intramolecular Hbond substituents is 3. The van der Waals surface area contributed by atoms with Crippen LogP contribution in [0.3, 0.4) is 0 Å². The van der Waals surface area contributed by atoms with Crippen molar-refractivity contribution in [3.8, 4) is 23.0 Å². The van der Waals surface area contributed by atoms with Gasteiger partial charge in [-0.25, -0.2) is 0 Å². The van der Waals surface area contributed by atoms with Crippen LogP contribution in [0, 0.1) is 30.6 Å². The lowest BCUT2D eigenvalue weighted by Crippen LogP contribution is -2.46. The van der Waals surface area contributed by atoms with Crippen LogP contribution in [0.1, 0.15) is 74.5 Å². The molecule has 15 heteroatoms. The van der Waals surface area contributed by atoms with E-state index in [1.807, 2.05) is 0 Å². The second-order valence-electron chi connectivity index (χ2n) is 14.7. The minimum atomic E-state index is -2.00. The van der Waals surface area contributed by atoms with Gasteiger partial charge in [0.1, 0.15) is 23.4 Å². The Hall–Kier alpha value is -3.89. The van der Waals surface area contributed by atoms with E-state index in [2.05, 4.69) is 5.32 Å². The number of methoxy groups -OCH3 is 1. The molecule has 300 valence electrons. The number of Topliss-reactive ketones (excluding diaryl/α,β-unsaturated/α-hetero) is 1. The number of amides is 1. The van der Waals surface area contributed by atoms with Crippen LogP contribution in [0.4, 0.5) is 5.69 Å². The molecular weight excluding hydrogens is 751 g/mol. The number of ether oxygens (including phenoxy) is 4. The second-order valence-corrected chi connectivity index (χ2v) is 17.4. The summed E-state index contributed by atoms with van der Waals surface area (Å²) in [5.41, 5.74) is 0.263. The van der Waals surface area contributed by atoms with Gasteiger partial charge in [-0.1, -0.05) is 45.9 Å². The highest BCUT2D eigenvalue weighted by Gasteiger charge is 2.50. The van der Waals surface area contributed by atoms with Crippen LogP contribution in [-0.4, -0.2) is 92.0 Å². The highest BCUT2D eigenvalue weighted by atomic mass is 32.2. The summed E-state index contributed by atoms with van der Waals surface area (Å²) in [5.74, 6) is -6.31. The number of carbonyl (C=O) groups excluding carboxylic acids is 3. The van der Waals surface area contributed by atoms with Gasteiger partial charge in [0, 0.05) is 78.2 Å². The molecule has 0 spiro atoms. The predicted molar refractivity (Wildman–Crippen MR) is 211 cm³/mol. The van der Waals surface area contributed by atoms with Gasteiger partial charge in [0.05, 0.1) is 45.8 Å². The van der Waals surface area contributed by atoms with Gasteiger partial charge in [-0.3, -0.25) is 14.4 Å². The number of hydrogen-bond donors (Lipinski definition) is 6. The zero-order valence-corrected chi connectivity index (χ0v) is 34.0. The van der Waals surface area contributed by atoms with Crippen LogP contribution in [0.2, 0.25) is 0 Å². The van der Waals surface area contributed by atoms with Crippen LogP contribution < -0.4 is 10.1 Å². The SMILES string of the molecule is CO[C@@H]1C=CO[C@@]2(C)Oc3c(C)c(O)c4c(O)c(c(C5SCCS5)c(O)c4c3C2=O)NC(=O)C(C)=CC=C[C@H](C)[C@H](O)[C@H](C)[C@H](O)[C@H](C)[C@@H](OC(C)=O)[C@H]1C. The molecule has 13 nitrogen and oxygen atoms in total. The Labute approximate surface area is 329 Å². The smallest absolute Gasteiger partial charge is 0.312 e. The van der Waals surface area contributed by atoms with E-state index in [9.17, 15) is 39.9 Å². The molecule has 4 heterocycles. The maximum absolute atomic E-state index is 14.3. The van der Waals surface area contributed by atoms with Crippen molar-refractivity contribution in [3.05, 3.63) is 52.8 Å². The quantitative estimate of drug-likeness (QED) is 0.116. The number of aliphatic hydroxyl groups is 2.